The molecule has 98 valence electrons. The molecule has 2 aromatic rings. The zero-order valence-corrected chi connectivity index (χ0v) is 11.0. The molecule has 1 saturated heterocycles. The van der Waals surface area contributed by atoms with Crippen LogP contribution in [0.1, 0.15) is 11.6 Å². The fourth-order valence-corrected chi connectivity index (χ4v) is 2.44. The molecule has 3 heteroatoms. The molecule has 1 fully saturated rings. The minimum atomic E-state index is 0.248. The predicted octanol–water partition coefficient (Wildman–Crippen LogP) is 3.23. The highest BCUT2D eigenvalue weighted by Crippen LogP contribution is 2.32. The van der Waals surface area contributed by atoms with Crippen molar-refractivity contribution in [2.75, 3.05) is 25.3 Å². The van der Waals surface area contributed by atoms with Crippen molar-refractivity contribution in [3.8, 4) is 5.75 Å². The highest BCUT2D eigenvalue weighted by molar-refractivity contribution is 5.49. The summed E-state index contributed by atoms with van der Waals surface area (Å²) in [6.45, 7) is 1.34. The van der Waals surface area contributed by atoms with Crippen LogP contribution >= 0.6 is 0 Å². The van der Waals surface area contributed by atoms with Crippen molar-refractivity contribution in [2.45, 2.75) is 6.04 Å². The van der Waals surface area contributed by atoms with E-state index in [-0.39, 0.29) is 6.04 Å². The van der Waals surface area contributed by atoms with Crippen molar-refractivity contribution in [1.82, 2.24) is 0 Å². The first-order valence-electron chi connectivity index (χ1n) is 6.42. The van der Waals surface area contributed by atoms with Gasteiger partial charge in [0.1, 0.15) is 12.5 Å². The van der Waals surface area contributed by atoms with Gasteiger partial charge in [0.15, 0.2) is 0 Å². The minimum absolute atomic E-state index is 0.248. The number of nitrogens with zero attached hydrogens (tertiary/aromatic N) is 1. The zero-order chi connectivity index (χ0) is 13.1. The van der Waals surface area contributed by atoms with Gasteiger partial charge in [-0.3, -0.25) is 0 Å². The van der Waals surface area contributed by atoms with E-state index >= 15 is 0 Å². The molecule has 19 heavy (non-hydrogen) atoms. The number of hydrogen-bond acceptors (Lipinski definition) is 3. The third-order valence-corrected chi connectivity index (χ3v) is 3.45. The molecule has 1 aliphatic heterocycles. The Hall–Kier alpha value is -2.00. The van der Waals surface area contributed by atoms with Crippen LogP contribution in [0.2, 0.25) is 0 Å². The first-order chi connectivity index (χ1) is 9.38. The number of hydrogen-bond donors (Lipinski definition) is 0. The molecular formula is C16H17NO2. The number of para-hydroxylation sites is 1. The van der Waals surface area contributed by atoms with Crippen LogP contribution in [0.5, 0.6) is 5.75 Å². The topological polar surface area (TPSA) is 21.7 Å². The molecule has 1 atom stereocenters. The summed E-state index contributed by atoms with van der Waals surface area (Å²) in [4.78, 5) is 2.27. The SMILES string of the molecule is COc1cccc(C2COCN2c2ccccc2)c1. The van der Waals surface area contributed by atoms with Crippen LogP contribution < -0.4 is 9.64 Å². The van der Waals surface area contributed by atoms with E-state index in [1.54, 1.807) is 7.11 Å². The van der Waals surface area contributed by atoms with Crippen molar-refractivity contribution in [3.05, 3.63) is 60.2 Å². The van der Waals surface area contributed by atoms with Crippen LogP contribution in [-0.2, 0) is 4.74 Å². The molecular weight excluding hydrogens is 238 g/mol. The summed E-state index contributed by atoms with van der Waals surface area (Å²) in [5.74, 6) is 0.886. The highest BCUT2D eigenvalue weighted by atomic mass is 16.5. The van der Waals surface area contributed by atoms with Crippen molar-refractivity contribution in [2.24, 2.45) is 0 Å². The lowest BCUT2D eigenvalue weighted by atomic mass is 10.1. The highest BCUT2D eigenvalue weighted by Gasteiger charge is 2.27. The van der Waals surface area contributed by atoms with Gasteiger partial charge in [0.05, 0.1) is 19.8 Å². The largest absolute Gasteiger partial charge is 0.497 e. The maximum Gasteiger partial charge on any atom is 0.119 e. The van der Waals surface area contributed by atoms with Crippen molar-refractivity contribution < 1.29 is 9.47 Å². The molecule has 0 aliphatic carbocycles. The Bertz CT molecular complexity index is 541. The zero-order valence-electron chi connectivity index (χ0n) is 11.0. The van der Waals surface area contributed by atoms with E-state index in [2.05, 4.69) is 41.3 Å². The monoisotopic (exact) mass is 255 g/mol. The van der Waals surface area contributed by atoms with Gasteiger partial charge in [-0.1, -0.05) is 30.3 Å². The lowest BCUT2D eigenvalue weighted by molar-refractivity contribution is 0.194. The smallest absolute Gasteiger partial charge is 0.119 e. The number of benzene rings is 2. The average molecular weight is 255 g/mol. The lowest BCUT2D eigenvalue weighted by Crippen LogP contribution is -2.23. The van der Waals surface area contributed by atoms with Crippen molar-refractivity contribution >= 4 is 5.69 Å². The summed E-state index contributed by atoms with van der Waals surface area (Å²) in [6.07, 6.45) is 0. The van der Waals surface area contributed by atoms with Crippen LogP contribution in [0.3, 0.4) is 0 Å². The summed E-state index contributed by atoms with van der Waals surface area (Å²) in [6, 6.07) is 18.8. The lowest BCUT2D eigenvalue weighted by Gasteiger charge is -2.25. The number of ether oxygens (including phenoxy) is 2. The van der Waals surface area contributed by atoms with Crippen LogP contribution in [-0.4, -0.2) is 20.4 Å². The Kier molecular flexibility index (Phi) is 3.38. The third-order valence-electron chi connectivity index (χ3n) is 3.45. The maximum atomic E-state index is 5.64. The molecule has 3 rings (SSSR count). The van der Waals surface area contributed by atoms with Gasteiger partial charge >= 0.3 is 0 Å². The Morgan fingerprint density at radius 1 is 1.11 bits per heavy atom. The third kappa shape index (κ3) is 2.42. The standard InChI is InChI=1S/C16H17NO2/c1-18-15-9-5-6-13(10-15)16-11-19-12-17(16)14-7-3-2-4-8-14/h2-10,16H,11-12H2,1H3. The first kappa shape index (κ1) is 12.1. The molecule has 0 aromatic heterocycles. The van der Waals surface area contributed by atoms with Crippen LogP contribution in [0.25, 0.3) is 0 Å². The van der Waals surface area contributed by atoms with Crippen LogP contribution in [0.15, 0.2) is 54.6 Å². The Balaban J connectivity index is 1.90. The van der Waals surface area contributed by atoms with Gasteiger partial charge in [0, 0.05) is 5.69 Å². The maximum absolute atomic E-state index is 5.64. The van der Waals surface area contributed by atoms with Gasteiger partial charge in [-0.05, 0) is 29.8 Å². The van der Waals surface area contributed by atoms with Gasteiger partial charge in [-0.2, -0.15) is 0 Å². The van der Waals surface area contributed by atoms with E-state index in [1.165, 1.54) is 11.3 Å². The molecule has 1 aliphatic rings. The number of methoxy groups -OCH3 is 1. The van der Waals surface area contributed by atoms with Gasteiger partial charge < -0.3 is 14.4 Å². The predicted molar refractivity (Wildman–Crippen MR) is 75.5 cm³/mol. The van der Waals surface area contributed by atoms with Gasteiger partial charge in [0.25, 0.3) is 0 Å². The van der Waals surface area contributed by atoms with E-state index in [0.29, 0.717) is 13.3 Å². The summed E-state index contributed by atoms with van der Waals surface area (Å²) in [5.41, 5.74) is 2.41. The molecule has 0 N–H and O–H groups in total. The molecule has 0 saturated carbocycles. The van der Waals surface area contributed by atoms with E-state index in [4.69, 9.17) is 9.47 Å². The summed E-state index contributed by atoms with van der Waals surface area (Å²) < 4.78 is 10.9. The van der Waals surface area contributed by atoms with Gasteiger partial charge in [0.2, 0.25) is 0 Å². The molecule has 0 radical (unpaired) electrons. The minimum Gasteiger partial charge on any atom is -0.497 e. The summed E-state index contributed by atoms with van der Waals surface area (Å²) in [7, 11) is 1.69. The van der Waals surface area contributed by atoms with Crippen LogP contribution in [0, 0.1) is 0 Å². The molecule has 3 nitrogen and oxygen atoms in total. The summed E-state index contributed by atoms with van der Waals surface area (Å²) >= 11 is 0. The van der Waals surface area contributed by atoms with E-state index in [9.17, 15) is 0 Å². The van der Waals surface area contributed by atoms with E-state index in [1.807, 2.05) is 18.2 Å². The molecule has 0 spiro atoms. The van der Waals surface area contributed by atoms with Crippen molar-refractivity contribution in [3.63, 3.8) is 0 Å². The first-order valence-corrected chi connectivity index (χ1v) is 6.42. The molecule has 1 unspecified atom stereocenters. The second kappa shape index (κ2) is 5.33. The normalized spacial score (nSPS) is 18.6. The Morgan fingerprint density at radius 3 is 2.74 bits per heavy atom. The van der Waals surface area contributed by atoms with E-state index in [0.717, 1.165) is 5.75 Å². The molecule has 0 bridgehead atoms. The molecule has 2 aromatic carbocycles. The van der Waals surface area contributed by atoms with Gasteiger partial charge in [-0.25, -0.2) is 0 Å². The number of rotatable bonds is 3. The van der Waals surface area contributed by atoms with Crippen molar-refractivity contribution in [1.29, 1.82) is 0 Å². The van der Waals surface area contributed by atoms with Gasteiger partial charge in [-0.15, -0.1) is 0 Å². The second-order valence-electron chi connectivity index (χ2n) is 4.60. The quantitative estimate of drug-likeness (QED) is 0.840. The summed E-state index contributed by atoms with van der Waals surface area (Å²) in [5, 5.41) is 0. The molecule has 0 amide bonds. The molecule has 1 heterocycles. The second-order valence-corrected chi connectivity index (χ2v) is 4.60. The van der Waals surface area contributed by atoms with Crippen LogP contribution in [0.4, 0.5) is 5.69 Å². The number of anilines is 1. The Labute approximate surface area is 113 Å². The fraction of sp³-hybridized carbons (Fsp3) is 0.250. The van der Waals surface area contributed by atoms with E-state index < -0.39 is 0 Å². The fourth-order valence-electron chi connectivity index (χ4n) is 2.44. The Morgan fingerprint density at radius 2 is 1.95 bits per heavy atom. The average Bonchev–Trinajstić information content (AvgIpc) is 2.98.